The summed E-state index contributed by atoms with van der Waals surface area (Å²) >= 11 is 0. The van der Waals surface area contributed by atoms with Gasteiger partial charge >= 0.3 is 6.85 Å². The van der Waals surface area contributed by atoms with Crippen LogP contribution in [-0.2, 0) is 7.05 Å². The molecule has 0 amide bonds. The number of nitrogens with zero attached hydrogens (tertiary/aromatic N) is 3. The molecule has 0 spiro atoms. The summed E-state index contributed by atoms with van der Waals surface area (Å²) in [5.41, 5.74) is 7.87. The average Bonchev–Trinajstić information content (AvgIpc) is 3.08. The maximum Gasteiger partial charge on any atom is 0.399 e. The molecule has 1 aliphatic rings. The van der Waals surface area contributed by atoms with E-state index in [1.165, 1.54) is 27.8 Å². The fourth-order valence-corrected chi connectivity index (χ4v) is 4.58. The van der Waals surface area contributed by atoms with Crippen LogP contribution in [0.5, 0.6) is 0 Å². The van der Waals surface area contributed by atoms with E-state index in [2.05, 4.69) is 97.2 Å². The standard InChI is InChI=1S/C24H23BN3O/c1-16-14-27(3)22(13-20(16)18-9-6-5-7-10-18)25-17(2)23-19-11-8-12-26-24(19)29-21(23)15-28(25)4/h5-15H,1-4H3/q+1. The third kappa shape index (κ3) is 2.77. The molecule has 1 aromatic carbocycles. The molecule has 0 bridgehead atoms. The lowest BCUT2D eigenvalue weighted by atomic mass is 9.49. The summed E-state index contributed by atoms with van der Waals surface area (Å²) in [7, 11) is 4.24. The third-order valence-electron chi connectivity index (χ3n) is 5.90. The Balaban J connectivity index is 1.76. The van der Waals surface area contributed by atoms with Gasteiger partial charge in [0.25, 0.3) is 0 Å². The molecule has 29 heavy (non-hydrogen) atoms. The van der Waals surface area contributed by atoms with E-state index in [0.29, 0.717) is 5.71 Å². The molecular weight excluding hydrogens is 357 g/mol. The van der Waals surface area contributed by atoms with Crippen LogP contribution in [0.3, 0.4) is 0 Å². The zero-order valence-corrected chi connectivity index (χ0v) is 17.2. The maximum atomic E-state index is 6.02. The molecular formula is C24H23BN3O+. The van der Waals surface area contributed by atoms with Crippen molar-refractivity contribution in [3.63, 3.8) is 0 Å². The Kier molecular flexibility index (Phi) is 4.05. The number of benzene rings is 1. The average molecular weight is 380 g/mol. The van der Waals surface area contributed by atoms with Crippen molar-refractivity contribution in [1.29, 1.82) is 0 Å². The van der Waals surface area contributed by atoms with Gasteiger partial charge in [0, 0.05) is 34.6 Å². The van der Waals surface area contributed by atoms with Gasteiger partial charge < -0.3 is 9.23 Å². The molecule has 1 aliphatic heterocycles. The lowest BCUT2D eigenvalue weighted by Crippen LogP contribution is -2.62. The van der Waals surface area contributed by atoms with Gasteiger partial charge in [0.15, 0.2) is 17.2 Å². The highest BCUT2D eigenvalue weighted by Crippen LogP contribution is 2.22. The van der Waals surface area contributed by atoms with E-state index in [1.54, 1.807) is 6.20 Å². The Bertz CT molecular complexity index is 1360. The van der Waals surface area contributed by atoms with Gasteiger partial charge in [-0.1, -0.05) is 35.8 Å². The van der Waals surface area contributed by atoms with Crippen molar-refractivity contribution in [2.24, 2.45) is 7.05 Å². The Morgan fingerprint density at radius 1 is 1.07 bits per heavy atom. The predicted molar refractivity (Wildman–Crippen MR) is 118 cm³/mol. The number of pyridine rings is 2. The molecule has 0 saturated carbocycles. The van der Waals surface area contributed by atoms with Crippen molar-refractivity contribution in [3.05, 3.63) is 77.1 Å². The third-order valence-corrected chi connectivity index (χ3v) is 5.90. The summed E-state index contributed by atoms with van der Waals surface area (Å²) in [6.45, 7) is 4.50. The molecule has 5 rings (SSSR count). The highest BCUT2D eigenvalue weighted by Gasteiger charge is 2.36. The number of aromatic nitrogens is 2. The second-order valence-electron chi connectivity index (χ2n) is 7.85. The summed E-state index contributed by atoms with van der Waals surface area (Å²) in [5.74, 6) is 0. The van der Waals surface area contributed by atoms with E-state index in [-0.39, 0.29) is 6.85 Å². The SMILES string of the molecule is CC1=c2c(oc3ncccc23)=CN(C)B1c1cc(-c2ccccc2)c(C)c[n+]1C. The summed E-state index contributed by atoms with van der Waals surface area (Å²) < 4.78 is 8.26. The number of aryl methyl sites for hydroxylation is 2. The summed E-state index contributed by atoms with van der Waals surface area (Å²) in [6, 6.07) is 17.0. The second-order valence-corrected chi connectivity index (χ2v) is 7.85. The number of furan rings is 1. The molecule has 4 nitrogen and oxygen atoms in total. The smallest absolute Gasteiger partial charge is 0.399 e. The van der Waals surface area contributed by atoms with Crippen LogP contribution in [0.15, 0.2) is 65.3 Å². The van der Waals surface area contributed by atoms with Gasteiger partial charge in [0.1, 0.15) is 7.05 Å². The lowest BCUT2D eigenvalue weighted by molar-refractivity contribution is -0.654. The molecule has 4 aromatic rings. The van der Waals surface area contributed by atoms with Gasteiger partial charge in [0.2, 0.25) is 5.71 Å². The number of hydrogen-bond acceptors (Lipinski definition) is 3. The van der Waals surface area contributed by atoms with Crippen molar-refractivity contribution in [2.45, 2.75) is 13.8 Å². The van der Waals surface area contributed by atoms with Crippen molar-refractivity contribution in [2.75, 3.05) is 7.05 Å². The molecule has 142 valence electrons. The molecule has 0 fully saturated rings. The first-order chi connectivity index (χ1) is 14.0. The molecule has 0 unspecified atom stereocenters. The van der Waals surface area contributed by atoms with Crippen LogP contribution in [0.2, 0.25) is 0 Å². The van der Waals surface area contributed by atoms with Gasteiger partial charge in [-0.25, -0.2) is 9.55 Å². The van der Waals surface area contributed by atoms with Crippen LogP contribution in [-0.4, -0.2) is 23.7 Å². The fourth-order valence-electron chi connectivity index (χ4n) is 4.58. The largest absolute Gasteiger partial charge is 0.436 e. The molecule has 4 heterocycles. The first-order valence-corrected chi connectivity index (χ1v) is 9.88. The maximum absolute atomic E-state index is 6.02. The van der Waals surface area contributed by atoms with Gasteiger partial charge in [-0.05, 0) is 44.2 Å². The first-order valence-electron chi connectivity index (χ1n) is 9.88. The van der Waals surface area contributed by atoms with Crippen molar-refractivity contribution < 1.29 is 8.98 Å². The quantitative estimate of drug-likeness (QED) is 0.394. The van der Waals surface area contributed by atoms with Crippen LogP contribution in [0.4, 0.5) is 0 Å². The Morgan fingerprint density at radius 2 is 1.86 bits per heavy atom. The minimum absolute atomic E-state index is 0.122. The molecule has 0 aliphatic carbocycles. The van der Waals surface area contributed by atoms with Crippen LogP contribution >= 0.6 is 0 Å². The monoisotopic (exact) mass is 380 g/mol. The van der Waals surface area contributed by atoms with Crippen LogP contribution < -0.4 is 20.8 Å². The van der Waals surface area contributed by atoms with Crippen LogP contribution in [0, 0.1) is 6.92 Å². The van der Waals surface area contributed by atoms with E-state index >= 15 is 0 Å². The zero-order chi connectivity index (χ0) is 20.1. The number of hydrogen-bond donors (Lipinski definition) is 0. The molecule has 5 heteroatoms. The normalized spacial score (nSPS) is 13.6. The van der Waals surface area contributed by atoms with Gasteiger partial charge in [-0.15, -0.1) is 0 Å². The van der Waals surface area contributed by atoms with Crippen LogP contribution in [0.25, 0.3) is 33.9 Å². The Hall–Kier alpha value is -3.34. The van der Waals surface area contributed by atoms with Gasteiger partial charge in [-0.2, -0.15) is 0 Å². The molecule has 0 atom stereocenters. The highest BCUT2D eigenvalue weighted by molar-refractivity contribution is 6.85. The molecule has 0 saturated heterocycles. The zero-order valence-electron chi connectivity index (χ0n) is 17.2. The first kappa shape index (κ1) is 17.7. The van der Waals surface area contributed by atoms with E-state index < -0.39 is 0 Å². The second kappa shape index (κ2) is 6.62. The van der Waals surface area contributed by atoms with E-state index in [4.69, 9.17) is 4.42 Å². The minimum Gasteiger partial charge on any atom is -0.436 e. The van der Waals surface area contributed by atoms with Gasteiger partial charge in [-0.3, -0.25) is 0 Å². The minimum atomic E-state index is 0.122. The van der Waals surface area contributed by atoms with Crippen molar-refractivity contribution in [1.82, 2.24) is 9.79 Å². The predicted octanol–water partition coefficient (Wildman–Crippen LogP) is 1.92. The molecule has 0 N–H and O–H groups in total. The lowest BCUT2D eigenvalue weighted by Gasteiger charge is -2.25. The van der Waals surface area contributed by atoms with E-state index in [0.717, 1.165) is 16.0 Å². The Labute approximate surface area is 170 Å². The van der Waals surface area contributed by atoms with Gasteiger partial charge in [0.05, 0.1) is 0 Å². The summed E-state index contributed by atoms with van der Waals surface area (Å²) in [4.78, 5) is 6.64. The molecule has 0 radical (unpaired) electrons. The fraction of sp³-hybridized carbons (Fsp3) is 0.167. The Morgan fingerprint density at radius 3 is 2.66 bits per heavy atom. The topological polar surface area (TPSA) is 33.2 Å². The molecule has 3 aromatic heterocycles. The van der Waals surface area contributed by atoms with Crippen molar-refractivity contribution >= 4 is 35.2 Å². The summed E-state index contributed by atoms with van der Waals surface area (Å²) in [5, 5.41) is 2.24. The highest BCUT2D eigenvalue weighted by atomic mass is 16.3. The summed E-state index contributed by atoms with van der Waals surface area (Å²) in [6.07, 6.45) is 6.10. The van der Waals surface area contributed by atoms with E-state index in [9.17, 15) is 0 Å². The number of rotatable bonds is 2. The van der Waals surface area contributed by atoms with Crippen LogP contribution in [0.1, 0.15) is 12.5 Å². The van der Waals surface area contributed by atoms with E-state index in [1.807, 2.05) is 6.07 Å². The number of fused-ring (bicyclic) bond motifs is 3. The van der Waals surface area contributed by atoms with Crippen molar-refractivity contribution in [3.8, 4) is 11.1 Å².